The lowest BCUT2D eigenvalue weighted by Gasteiger charge is -2.24. The fourth-order valence-electron chi connectivity index (χ4n) is 2.10. The number of allylic oxidation sites excluding steroid dienone is 2. The largest absolute Gasteiger partial charge is 0.465 e. The van der Waals surface area contributed by atoms with Crippen LogP contribution in [0.2, 0.25) is 10.0 Å². The number of anilines is 1. The SMILES string of the molecule is COC(=O)C1=C(C(=O)OC)N(c2c(F)cc(Cl)cc2Cl)C=CC=C1. The average Bonchev–Trinajstić information content (AvgIpc) is 2.75. The molecule has 0 bridgehead atoms. The quantitative estimate of drug-likeness (QED) is 0.759. The monoisotopic (exact) mass is 371 g/mol. The Bertz CT molecular complexity index is 763. The number of ether oxygens (including phenoxy) is 2. The van der Waals surface area contributed by atoms with E-state index in [1.807, 2.05) is 0 Å². The second kappa shape index (κ2) is 7.51. The summed E-state index contributed by atoms with van der Waals surface area (Å²) < 4.78 is 23.8. The van der Waals surface area contributed by atoms with Gasteiger partial charge in [0.15, 0.2) is 0 Å². The summed E-state index contributed by atoms with van der Waals surface area (Å²) in [4.78, 5) is 25.4. The first-order valence-electron chi connectivity index (χ1n) is 6.60. The summed E-state index contributed by atoms with van der Waals surface area (Å²) in [5, 5.41) is 0.0483. The fourth-order valence-corrected chi connectivity index (χ4v) is 2.66. The first-order chi connectivity index (χ1) is 11.4. The van der Waals surface area contributed by atoms with Crippen LogP contribution >= 0.6 is 23.2 Å². The van der Waals surface area contributed by atoms with Crippen LogP contribution in [0.4, 0.5) is 10.1 Å². The van der Waals surface area contributed by atoms with Gasteiger partial charge in [0.05, 0.1) is 24.8 Å². The van der Waals surface area contributed by atoms with Gasteiger partial charge in [0.1, 0.15) is 17.2 Å². The standard InChI is InChI=1S/C16H12Cl2FNO4/c1-23-15(21)10-5-3-4-6-20(13(10)16(22)24-2)14-11(18)7-9(17)8-12(14)19/h3-8H,1-2H3. The van der Waals surface area contributed by atoms with Crippen LogP contribution < -0.4 is 4.90 Å². The van der Waals surface area contributed by atoms with E-state index in [1.165, 1.54) is 30.5 Å². The van der Waals surface area contributed by atoms with E-state index in [2.05, 4.69) is 4.74 Å². The number of esters is 2. The van der Waals surface area contributed by atoms with Crippen molar-refractivity contribution >= 4 is 40.8 Å². The van der Waals surface area contributed by atoms with Gasteiger partial charge in [-0.05, 0) is 24.3 Å². The van der Waals surface area contributed by atoms with E-state index >= 15 is 0 Å². The lowest BCUT2D eigenvalue weighted by molar-refractivity contribution is -0.139. The van der Waals surface area contributed by atoms with Crippen LogP contribution in [0.15, 0.2) is 47.8 Å². The molecule has 1 heterocycles. The van der Waals surface area contributed by atoms with Crippen molar-refractivity contribution in [2.45, 2.75) is 0 Å². The number of carbonyl (C=O) groups is 2. The molecule has 2 rings (SSSR count). The smallest absolute Gasteiger partial charge is 0.355 e. The topological polar surface area (TPSA) is 55.8 Å². The number of benzene rings is 1. The number of halogens is 3. The molecule has 0 fully saturated rings. The average molecular weight is 372 g/mol. The van der Waals surface area contributed by atoms with E-state index in [-0.39, 0.29) is 27.0 Å². The molecular weight excluding hydrogens is 360 g/mol. The van der Waals surface area contributed by atoms with Gasteiger partial charge in [-0.2, -0.15) is 0 Å². The molecule has 1 aliphatic rings. The molecule has 0 saturated heterocycles. The van der Waals surface area contributed by atoms with Gasteiger partial charge in [-0.15, -0.1) is 0 Å². The Balaban J connectivity index is 2.75. The molecular formula is C16H12Cl2FNO4. The first-order valence-corrected chi connectivity index (χ1v) is 7.35. The molecule has 1 aliphatic heterocycles. The van der Waals surface area contributed by atoms with Gasteiger partial charge in [-0.1, -0.05) is 29.3 Å². The van der Waals surface area contributed by atoms with Crippen LogP contribution in [0.3, 0.4) is 0 Å². The van der Waals surface area contributed by atoms with Crippen molar-refractivity contribution in [3.63, 3.8) is 0 Å². The number of hydrogen-bond donors (Lipinski definition) is 0. The zero-order chi connectivity index (χ0) is 17.9. The zero-order valence-corrected chi connectivity index (χ0v) is 14.2. The maximum absolute atomic E-state index is 14.4. The molecule has 0 spiro atoms. The third kappa shape index (κ3) is 3.44. The predicted molar refractivity (Wildman–Crippen MR) is 88.2 cm³/mol. The zero-order valence-electron chi connectivity index (χ0n) is 12.7. The predicted octanol–water partition coefficient (Wildman–Crippen LogP) is 3.62. The summed E-state index contributed by atoms with van der Waals surface area (Å²) >= 11 is 11.9. The van der Waals surface area contributed by atoms with Crippen molar-refractivity contribution in [2.75, 3.05) is 19.1 Å². The third-order valence-corrected chi connectivity index (χ3v) is 3.62. The minimum absolute atomic E-state index is 0.0443. The molecule has 126 valence electrons. The molecule has 0 aromatic heterocycles. The molecule has 0 unspecified atom stereocenters. The molecule has 0 radical (unpaired) electrons. The van der Waals surface area contributed by atoms with Gasteiger partial charge in [-0.25, -0.2) is 14.0 Å². The van der Waals surface area contributed by atoms with Crippen molar-refractivity contribution in [1.29, 1.82) is 0 Å². The molecule has 0 N–H and O–H groups in total. The van der Waals surface area contributed by atoms with Crippen molar-refractivity contribution in [2.24, 2.45) is 0 Å². The van der Waals surface area contributed by atoms with Crippen molar-refractivity contribution < 1.29 is 23.5 Å². The summed E-state index contributed by atoms with van der Waals surface area (Å²) in [7, 11) is 2.30. The van der Waals surface area contributed by atoms with Crippen LogP contribution in [-0.2, 0) is 19.1 Å². The number of rotatable bonds is 3. The molecule has 1 aromatic carbocycles. The van der Waals surface area contributed by atoms with Gasteiger partial charge in [0, 0.05) is 11.2 Å². The van der Waals surface area contributed by atoms with E-state index in [4.69, 9.17) is 27.9 Å². The van der Waals surface area contributed by atoms with E-state index in [0.29, 0.717) is 0 Å². The molecule has 0 amide bonds. The highest BCUT2D eigenvalue weighted by Crippen LogP contribution is 2.36. The molecule has 0 atom stereocenters. The van der Waals surface area contributed by atoms with E-state index in [0.717, 1.165) is 25.2 Å². The summed E-state index contributed by atoms with van der Waals surface area (Å²) in [5.74, 6) is -2.42. The van der Waals surface area contributed by atoms with Gasteiger partial charge in [0.25, 0.3) is 0 Å². The Kier molecular flexibility index (Phi) is 5.64. The highest BCUT2D eigenvalue weighted by Gasteiger charge is 2.30. The first kappa shape index (κ1) is 18.0. The maximum atomic E-state index is 14.4. The summed E-state index contributed by atoms with van der Waals surface area (Å²) in [6.45, 7) is 0. The molecule has 8 heteroatoms. The maximum Gasteiger partial charge on any atom is 0.355 e. The summed E-state index contributed by atoms with van der Waals surface area (Å²) in [5.41, 5.74) is -0.500. The molecule has 0 aliphatic carbocycles. The summed E-state index contributed by atoms with van der Waals surface area (Å²) in [6.07, 6.45) is 5.73. The van der Waals surface area contributed by atoms with Crippen LogP contribution in [0.5, 0.6) is 0 Å². The molecule has 24 heavy (non-hydrogen) atoms. The Morgan fingerprint density at radius 3 is 2.33 bits per heavy atom. The Labute approximate surface area is 147 Å². The van der Waals surface area contributed by atoms with E-state index < -0.39 is 17.8 Å². The van der Waals surface area contributed by atoms with E-state index in [9.17, 15) is 14.0 Å². The van der Waals surface area contributed by atoms with Gasteiger partial charge < -0.3 is 14.4 Å². The third-order valence-electron chi connectivity index (χ3n) is 3.11. The van der Waals surface area contributed by atoms with Gasteiger partial charge >= 0.3 is 11.9 Å². The van der Waals surface area contributed by atoms with Gasteiger partial charge in [0.2, 0.25) is 0 Å². The van der Waals surface area contributed by atoms with Crippen molar-refractivity contribution in [3.05, 3.63) is 63.7 Å². The molecule has 5 nitrogen and oxygen atoms in total. The lowest BCUT2D eigenvalue weighted by atomic mass is 10.1. The minimum Gasteiger partial charge on any atom is -0.465 e. The summed E-state index contributed by atoms with van der Waals surface area (Å²) in [6, 6.07) is 2.36. The number of methoxy groups -OCH3 is 2. The highest BCUT2D eigenvalue weighted by molar-refractivity contribution is 6.36. The van der Waals surface area contributed by atoms with Crippen LogP contribution in [0, 0.1) is 5.82 Å². The second-order valence-electron chi connectivity index (χ2n) is 4.53. The van der Waals surface area contributed by atoms with Crippen molar-refractivity contribution in [3.8, 4) is 0 Å². The second-order valence-corrected chi connectivity index (χ2v) is 5.38. The van der Waals surface area contributed by atoms with Gasteiger partial charge in [-0.3, -0.25) is 0 Å². The fraction of sp³-hybridized carbons (Fsp3) is 0.125. The highest BCUT2D eigenvalue weighted by atomic mass is 35.5. The Morgan fingerprint density at radius 2 is 1.75 bits per heavy atom. The number of hydrogen-bond acceptors (Lipinski definition) is 5. The van der Waals surface area contributed by atoms with Crippen LogP contribution in [-0.4, -0.2) is 26.2 Å². The van der Waals surface area contributed by atoms with Crippen LogP contribution in [0.1, 0.15) is 0 Å². The minimum atomic E-state index is -0.864. The Hall–Kier alpha value is -2.31. The Morgan fingerprint density at radius 1 is 1.08 bits per heavy atom. The van der Waals surface area contributed by atoms with Crippen molar-refractivity contribution in [1.82, 2.24) is 0 Å². The molecule has 1 aromatic rings. The number of nitrogens with zero attached hydrogens (tertiary/aromatic N) is 1. The van der Waals surface area contributed by atoms with E-state index in [1.54, 1.807) is 0 Å². The normalized spacial score (nSPS) is 13.8. The van der Waals surface area contributed by atoms with Crippen LogP contribution in [0.25, 0.3) is 0 Å². The molecule has 0 saturated carbocycles. The number of carbonyl (C=O) groups excluding carboxylic acids is 2. The lowest BCUT2D eigenvalue weighted by Crippen LogP contribution is -2.27.